The van der Waals surface area contributed by atoms with Crippen molar-refractivity contribution >= 4 is 37.6 Å². The van der Waals surface area contributed by atoms with Crippen molar-refractivity contribution in [2.75, 3.05) is 0 Å². The molecular weight excluding hydrogens is 362 g/mol. The molecule has 0 heterocycles. The molecule has 1 aliphatic rings. The second-order valence-electron chi connectivity index (χ2n) is 5.38. The number of halogens is 2. The lowest BCUT2D eigenvalue weighted by atomic mass is 9.85. The monoisotopic (exact) mass is 379 g/mol. The van der Waals surface area contributed by atoms with Gasteiger partial charge in [0.1, 0.15) is 0 Å². The first-order chi connectivity index (χ1) is 9.40. The molecule has 1 aromatic carbocycles. The second kappa shape index (κ2) is 6.77. The molecule has 3 nitrogen and oxygen atoms in total. The van der Waals surface area contributed by atoms with E-state index in [2.05, 4.69) is 20.7 Å². The maximum absolute atomic E-state index is 12.4. The fraction of sp³-hybridized carbons (Fsp3) is 0.571. The first-order valence-electron chi connectivity index (χ1n) is 6.87. The summed E-state index contributed by atoms with van der Waals surface area (Å²) in [5.74, 6) is 0.439. The van der Waals surface area contributed by atoms with Gasteiger partial charge in [0.2, 0.25) is 10.0 Å². The van der Waals surface area contributed by atoms with Crippen LogP contribution in [0.2, 0.25) is 5.02 Å². The van der Waals surface area contributed by atoms with Gasteiger partial charge in [0.15, 0.2) is 0 Å². The van der Waals surface area contributed by atoms with Gasteiger partial charge >= 0.3 is 0 Å². The first-order valence-corrected chi connectivity index (χ1v) is 9.53. The van der Waals surface area contributed by atoms with Gasteiger partial charge in [0.05, 0.1) is 9.92 Å². The minimum Gasteiger partial charge on any atom is -0.208 e. The van der Waals surface area contributed by atoms with Gasteiger partial charge < -0.3 is 0 Å². The van der Waals surface area contributed by atoms with E-state index in [0.29, 0.717) is 15.4 Å². The van der Waals surface area contributed by atoms with E-state index in [1.807, 2.05) is 6.92 Å². The Bertz CT molecular complexity index is 571. The molecule has 0 amide bonds. The molecule has 0 bridgehead atoms. The van der Waals surface area contributed by atoms with E-state index >= 15 is 0 Å². The zero-order valence-electron chi connectivity index (χ0n) is 11.4. The van der Waals surface area contributed by atoms with Crippen LogP contribution in [0.15, 0.2) is 27.6 Å². The highest BCUT2D eigenvalue weighted by atomic mass is 79.9. The summed E-state index contributed by atoms with van der Waals surface area (Å²) < 4.78 is 28.1. The normalized spacial score (nSPS) is 18.9. The molecule has 0 aliphatic heterocycles. The van der Waals surface area contributed by atoms with Crippen molar-refractivity contribution in [3.8, 4) is 0 Å². The summed E-state index contributed by atoms with van der Waals surface area (Å²) in [4.78, 5) is 0.247. The van der Waals surface area contributed by atoms with Gasteiger partial charge in [-0.3, -0.25) is 0 Å². The number of hydrogen-bond donors (Lipinski definition) is 1. The molecule has 1 aromatic rings. The summed E-state index contributed by atoms with van der Waals surface area (Å²) in [5.41, 5.74) is 0. The van der Waals surface area contributed by atoms with Gasteiger partial charge in [-0.05, 0) is 59.8 Å². The number of sulfonamides is 1. The van der Waals surface area contributed by atoms with Gasteiger partial charge in [0, 0.05) is 10.5 Å². The van der Waals surface area contributed by atoms with Gasteiger partial charge in [-0.25, -0.2) is 13.1 Å². The highest BCUT2D eigenvalue weighted by molar-refractivity contribution is 9.10. The summed E-state index contributed by atoms with van der Waals surface area (Å²) in [5, 5.41) is 0.504. The highest BCUT2D eigenvalue weighted by Gasteiger charge is 2.25. The van der Waals surface area contributed by atoms with Crippen LogP contribution in [0.1, 0.15) is 39.0 Å². The minimum atomic E-state index is -3.49. The van der Waals surface area contributed by atoms with Crippen LogP contribution in [0.3, 0.4) is 0 Å². The Morgan fingerprint density at radius 3 is 2.55 bits per heavy atom. The van der Waals surface area contributed by atoms with Gasteiger partial charge in [-0.1, -0.05) is 30.9 Å². The third kappa shape index (κ3) is 3.97. The molecule has 2 rings (SSSR count). The second-order valence-corrected chi connectivity index (χ2v) is 8.36. The standard InChI is InChI=1S/C14H19BrClNO2S/c1-10(11-5-3-2-4-6-11)17-20(18,19)12-7-8-14(16)13(15)9-12/h7-11,17H,2-6H2,1H3. The lowest BCUT2D eigenvalue weighted by Crippen LogP contribution is -2.38. The first kappa shape index (κ1) is 16.3. The Labute approximate surface area is 134 Å². The van der Waals surface area contributed by atoms with Gasteiger partial charge in [-0.2, -0.15) is 0 Å². The largest absolute Gasteiger partial charge is 0.240 e. The van der Waals surface area contributed by atoms with Gasteiger partial charge in [0.25, 0.3) is 0 Å². The molecule has 6 heteroatoms. The van der Waals surface area contributed by atoms with Crippen LogP contribution in [0.25, 0.3) is 0 Å². The summed E-state index contributed by atoms with van der Waals surface area (Å²) in [6, 6.07) is 4.63. The van der Waals surface area contributed by atoms with Crippen molar-refractivity contribution in [1.82, 2.24) is 4.72 Å². The Hall–Kier alpha value is -0.100. The predicted octanol–water partition coefficient (Wildman–Crippen LogP) is 4.35. The molecular formula is C14H19BrClNO2S. The zero-order valence-corrected chi connectivity index (χ0v) is 14.6. The topological polar surface area (TPSA) is 46.2 Å². The molecule has 112 valence electrons. The number of hydrogen-bond acceptors (Lipinski definition) is 2. The van der Waals surface area contributed by atoms with Crippen LogP contribution in [-0.4, -0.2) is 14.5 Å². The lowest BCUT2D eigenvalue weighted by molar-refractivity contribution is 0.303. The van der Waals surface area contributed by atoms with Crippen LogP contribution in [0.4, 0.5) is 0 Å². The van der Waals surface area contributed by atoms with Crippen molar-refractivity contribution < 1.29 is 8.42 Å². The Kier molecular flexibility index (Phi) is 5.51. The quantitative estimate of drug-likeness (QED) is 0.844. The van der Waals surface area contributed by atoms with Crippen LogP contribution in [-0.2, 0) is 10.0 Å². The molecule has 0 radical (unpaired) electrons. The highest BCUT2D eigenvalue weighted by Crippen LogP contribution is 2.28. The third-order valence-corrected chi connectivity index (χ3v) is 6.67. The Morgan fingerprint density at radius 2 is 1.95 bits per heavy atom. The Morgan fingerprint density at radius 1 is 1.30 bits per heavy atom. The molecule has 0 saturated heterocycles. The molecule has 1 saturated carbocycles. The SMILES string of the molecule is CC(NS(=O)(=O)c1ccc(Cl)c(Br)c1)C1CCCCC1. The van der Waals surface area contributed by atoms with E-state index in [9.17, 15) is 8.42 Å². The number of benzene rings is 1. The molecule has 1 aliphatic carbocycles. The van der Waals surface area contributed by atoms with E-state index in [1.54, 1.807) is 6.07 Å². The maximum atomic E-state index is 12.4. The average molecular weight is 381 g/mol. The molecule has 1 unspecified atom stereocenters. The van der Waals surface area contributed by atoms with E-state index in [1.165, 1.54) is 31.4 Å². The van der Waals surface area contributed by atoms with Crippen LogP contribution >= 0.6 is 27.5 Å². The van der Waals surface area contributed by atoms with E-state index in [0.717, 1.165) is 12.8 Å². The smallest absolute Gasteiger partial charge is 0.208 e. The molecule has 1 N–H and O–H groups in total. The fourth-order valence-corrected chi connectivity index (χ4v) is 4.67. The van der Waals surface area contributed by atoms with Crippen molar-refractivity contribution in [1.29, 1.82) is 0 Å². The molecule has 0 aromatic heterocycles. The summed E-state index contributed by atoms with van der Waals surface area (Å²) in [6.45, 7) is 1.96. The minimum absolute atomic E-state index is 0.0326. The number of nitrogens with one attached hydrogen (secondary N) is 1. The van der Waals surface area contributed by atoms with Crippen LogP contribution < -0.4 is 4.72 Å². The fourth-order valence-electron chi connectivity index (χ4n) is 2.69. The van der Waals surface area contributed by atoms with E-state index in [-0.39, 0.29) is 10.9 Å². The molecule has 0 spiro atoms. The molecule has 20 heavy (non-hydrogen) atoms. The molecule has 1 atom stereocenters. The van der Waals surface area contributed by atoms with Crippen molar-refractivity contribution in [3.05, 3.63) is 27.7 Å². The maximum Gasteiger partial charge on any atom is 0.240 e. The van der Waals surface area contributed by atoms with Crippen molar-refractivity contribution in [2.45, 2.75) is 50.0 Å². The van der Waals surface area contributed by atoms with Crippen LogP contribution in [0.5, 0.6) is 0 Å². The van der Waals surface area contributed by atoms with Crippen molar-refractivity contribution in [2.24, 2.45) is 5.92 Å². The number of rotatable bonds is 4. The zero-order chi connectivity index (χ0) is 14.8. The van der Waals surface area contributed by atoms with E-state index in [4.69, 9.17) is 11.6 Å². The van der Waals surface area contributed by atoms with Crippen LogP contribution in [0, 0.1) is 5.92 Å². The molecule has 1 fully saturated rings. The van der Waals surface area contributed by atoms with Crippen molar-refractivity contribution in [3.63, 3.8) is 0 Å². The summed E-state index contributed by atoms with van der Waals surface area (Å²) in [7, 11) is -3.49. The lowest BCUT2D eigenvalue weighted by Gasteiger charge is -2.28. The Balaban J connectivity index is 2.11. The summed E-state index contributed by atoms with van der Waals surface area (Å²) in [6.07, 6.45) is 5.87. The average Bonchev–Trinajstić information content (AvgIpc) is 2.42. The predicted molar refractivity (Wildman–Crippen MR) is 85.5 cm³/mol. The summed E-state index contributed by atoms with van der Waals surface area (Å²) >= 11 is 9.15. The van der Waals surface area contributed by atoms with E-state index < -0.39 is 10.0 Å². The third-order valence-electron chi connectivity index (χ3n) is 3.90. The van der Waals surface area contributed by atoms with Gasteiger partial charge in [-0.15, -0.1) is 0 Å².